The fraction of sp³-hybridized carbons (Fsp3) is 0.333. The second-order valence-electron chi connectivity index (χ2n) is 5.55. The predicted molar refractivity (Wildman–Crippen MR) is 94.5 cm³/mol. The molecule has 0 aliphatic rings. The lowest BCUT2D eigenvalue weighted by Gasteiger charge is -2.22. The molecule has 0 amide bonds. The summed E-state index contributed by atoms with van der Waals surface area (Å²) >= 11 is 0. The lowest BCUT2D eigenvalue weighted by molar-refractivity contribution is 0.390. The number of aryl methyl sites for hydroxylation is 2. The maximum Gasteiger partial charge on any atom is 0.246 e. The molecule has 0 aliphatic heterocycles. The van der Waals surface area contributed by atoms with E-state index in [9.17, 15) is 16.8 Å². The molecule has 0 fully saturated rings. The Kier molecular flexibility index (Phi) is 5.70. The van der Waals surface area contributed by atoms with Gasteiger partial charge in [0.15, 0.2) is 5.76 Å². The van der Waals surface area contributed by atoms with Crippen LogP contribution in [0.5, 0.6) is 0 Å². The molecule has 0 aliphatic carbocycles. The van der Waals surface area contributed by atoms with Crippen LogP contribution in [0, 0.1) is 25.2 Å². The Morgan fingerprint density at radius 1 is 1.27 bits per heavy atom. The van der Waals surface area contributed by atoms with Crippen molar-refractivity contribution in [3.05, 3.63) is 41.3 Å². The molecule has 0 atom stereocenters. The van der Waals surface area contributed by atoms with E-state index in [-0.39, 0.29) is 35.1 Å². The molecule has 2 aromatic rings. The van der Waals surface area contributed by atoms with E-state index in [1.54, 1.807) is 12.1 Å². The first kappa shape index (κ1) is 19.9. The molecule has 0 saturated carbocycles. The minimum Gasteiger partial charge on any atom is -0.360 e. The van der Waals surface area contributed by atoms with Crippen LogP contribution in [0.15, 0.2) is 33.7 Å². The predicted octanol–water partition coefficient (Wildman–Crippen LogP) is 0.908. The zero-order valence-corrected chi connectivity index (χ0v) is 16.1. The molecular formula is C15H18N4O5S2. The van der Waals surface area contributed by atoms with Crippen LogP contribution in [0.25, 0.3) is 0 Å². The Morgan fingerprint density at radius 3 is 2.50 bits per heavy atom. The van der Waals surface area contributed by atoms with E-state index >= 15 is 0 Å². The molecule has 2 rings (SSSR count). The molecule has 1 aromatic carbocycles. The van der Waals surface area contributed by atoms with Gasteiger partial charge in [-0.25, -0.2) is 21.6 Å². The second-order valence-corrected chi connectivity index (χ2v) is 9.16. The summed E-state index contributed by atoms with van der Waals surface area (Å²) in [7, 11) is -7.57. The maximum atomic E-state index is 12.4. The van der Waals surface area contributed by atoms with E-state index in [4.69, 9.17) is 9.78 Å². The molecule has 0 spiro atoms. The summed E-state index contributed by atoms with van der Waals surface area (Å²) in [5.41, 5.74) is 0.798. The van der Waals surface area contributed by atoms with E-state index in [0.29, 0.717) is 5.56 Å². The van der Waals surface area contributed by atoms with E-state index in [0.717, 1.165) is 10.6 Å². The summed E-state index contributed by atoms with van der Waals surface area (Å²) in [6.45, 7) is 2.67. The lowest BCUT2D eigenvalue weighted by Crippen LogP contribution is -2.38. The summed E-state index contributed by atoms with van der Waals surface area (Å²) in [6, 6.07) is 7.99. The number of nitriles is 1. The Bertz CT molecular complexity index is 1030. The van der Waals surface area contributed by atoms with Crippen molar-refractivity contribution in [1.29, 1.82) is 5.26 Å². The molecule has 11 heteroatoms. The summed E-state index contributed by atoms with van der Waals surface area (Å²) < 4.78 is 57.1. The van der Waals surface area contributed by atoms with Crippen molar-refractivity contribution in [1.82, 2.24) is 9.88 Å². The Hall–Kier alpha value is -2.42. The van der Waals surface area contributed by atoms with Crippen LogP contribution in [0.4, 0.5) is 5.69 Å². The highest BCUT2D eigenvalue weighted by Crippen LogP contribution is 2.20. The smallest absolute Gasteiger partial charge is 0.246 e. The zero-order chi connectivity index (χ0) is 19.5. The Labute approximate surface area is 152 Å². The Balaban J connectivity index is 2.20. The molecule has 0 saturated heterocycles. The first-order valence-corrected chi connectivity index (χ1v) is 10.8. The van der Waals surface area contributed by atoms with Gasteiger partial charge in [0.1, 0.15) is 10.6 Å². The quantitative estimate of drug-likeness (QED) is 0.732. The van der Waals surface area contributed by atoms with Gasteiger partial charge in [-0.3, -0.25) is 4.31 Å². The van der Waals surface area contributed by atoms with Gasteiger partial charge in [0.05, 0.1) is 23.6 Å². The van der Waals surface area contributed by atoms with Crippen LogP contribution in [0.1, 0.15) is 17.0 Å². The van der Waals surface area contributed by atoms with E-state index in [1.165, 1.54) is 26.0 Å². The normalized spacial score (nSPS) is 11.9. The number of sulfonamides is 2. The van der Waals surface area contributed by atoms with Crippen molar-refractivity contribution in [3.63, 3.8) is 0 Å². The highest BCUT2D eigenvalue weighted by molar-refractivity contribution is 7.92. The van der Waals surface area contributed by atoms with E-state index < -0.39 is 20.0 Å². The first-order valence-electron chi connectivity index (χ1n) is 7.46. The number of benzene rings is 1. The van der Waals surface area contributed by atoms with Gasteiger partial charge in [-0.15, -0.1) is 0 Å². The molecule has 1 heterocycles. The van der Waals surface area contributed by atoms with Crippen molar-refractivity contribution in [2.75, 3.05) is 23.7 Å². The molecule has 26 heavy (non-hydrogen) atoms. The van der Waals surface area contributed by atoms with Crippen LogP contribution in [-0.2, 0) is 20.0 Å². The van der Waals surface area contributed by atoms with Gasteiger partial charge in [0.25, 0.3) is 0 Å². The van der Waals surface area contributed by atoms with Crippen LogP contribution in [-0.4, -0.2) is 41.3 Å². The highest BCUT2D eigenvalue weighted by Gasteiger charge is 2.25. The van der Waals surface area contributed by atoms with Gasteiger partial charge < -0.3 is 4.52 Å². The summed E-state index contributed by atoms with van der Waals surface area (Å²) in [4.78, 5) is -0.0603. The van der Waals surface area contributed by atoms with Crippen molar-refractivity contribution in [2.45, 2.75) is 18.7 Å². The average Bonchev–Trinajstić information content (AvgIpc) is 2.90. The van der Waals surface area contributed by atoms with Crippen LogP contribution >= 0.6 is 0 Å². The van der Waals surface area contributed by atoms with Gasteiger partial charge in [0.2, 0.25) is 20.0 Å². The molecule has 1 aromatic heterocycles. The standard InChI is InChI=1S/C15H18N4O5S2/c1-11-15(12(2)24-18-11)26(22,23)17-7-8-19(25(3,20)21)14-6-4-5-13(9-14)10-16/h4-6,9,17H,7-8H2,1-3H3. The van der Waals surface area contributed by atoms with Gasteiger partial charge in [-0.1, -0.05) is 11.2 Å². The number of hydrogen-bond donors (Lipinski definition) is 1. The molecule has 0 bridgehead atoms. The molecule has 0 radical (unpaired) electrons. The number of anilines is 1. The van der Waals surface area contributed by atoms with Crippen LogP contribution < -0.4 is 9.03 Å². The highest BCUT2D eigenvalue weighted by atomic mass is 32.2. The fourth-order valence-corrected chi connectivity index (χ4v) is 4.69. The van der Waals surface area contributed by atoms with Crippen molar-refractivity contribution in [2.24, 2.45) is 0 Å². The number of aromatic nitrogens is 1. The minimum atomic E-state index is -3.89. The molecule has 140 valence electrons. The minimum absolute atomic E-state index is 0.0603. The van der Waals surface area contributed by atoms with E-state index in [1.807, 2.05) is 6.07 Å². The number of hydrogen-bond acceptors (Lipinski definition) is 7. The molecule has 0 unspecified atom stereocenters. The largest absolute Gasteiger partial charge is 0.360 e. The number of rotatable bonds is 7. The third kappa shape index (κ3) is 4.40. The SMILES string of the molecule is Cc1noc(C)c1S(=O)(=O)NCCN(c1cccc(C#N)c1)S(C)(=O)=O. The van der Waals surface area contributed by atoms with Crippen molar-refractivity contribution < 1.29 is 21.4 Å². The number of nitrogens with one attached hydrogen (secondary N) is 1. The van der Waals surface area contributed by atoms with Crippen LogP contribution in [0.3, 0.4) is 0 Å². The topological polar surface area (TPSA) is 133 Å². The zero-order valence-electron chi connectivity index (χ0n) is 14.4. The third-order valence-corrected chi connectivity index (χ3v) is 6.41. The van der Waals surface area contributed by atoms with Gasteiger partial charge in [0, 0.05) is 13.1 Å². The summed E-state index contributed by atoms with van der Waals surface area (Å²) in [5.74, 6) is 0.150. The monoisotopic (exact) mass is 398 g/mol. The Morgan fingerprint density at radius 2 is 1.96 bits per heavy atom. The van der Waals surface area contributed by atoms with Crippen molar-refractivity contribution >= 4 is 25.7 Å². The van der Waals surface area contributed by atoms with Crippen molar-refractivity contribution in [3.8, 4) is 6.07 Å². The van der Waals surface area contributed by atoms with Gasteiger partial charge >= 0.3 is 0 Å². The van der Waals surface area contributed by atoms with Gasteiger partial charge in [-0.05, 0) is 32.0 Å². The molecule has 9 nitrogen and oxygen atoms in total. The second kappa shape index (κ2) is 7.45. The first-order chi connectivity index (χ1) is 12.1. The van der Waals surface area contributed by atoms with Crippen LogP contribution in [0.2, 0.25) is 0 Å². The number of nitrogens with zero attached hydrogens (tertiary/aromatic N) is 3. The van der Waals surface area contributed by atoms with E-state index in [2.05, 4.69) is 9.88 Å². The average molecular weight is 398 g/mol. The summed E-state index contributed by atoms with van der Waals surface area (Å²) in [5, 5.41) is 12.6. The molecule has 1 N–H and O–H groups in total. The maximum absolute atomic E-state index is 12.4. The molecular weight excluding hydrogens is 380 g/mol. The lowest BCUT2D eigenvalue weighted by atomic mass is 10.2. The summed E-state index contributed by atoms with van der Waals surface area (Å²) in [6.07, 6.45) is 1.01. The fourth-order valence-electron chi connectivity index (χ4n) is 2.43. The van der Waals surface area contributed by atoms with Gasteiger partial charge in [-0.2, -0.15) is 5.26 Å². The third-order valence-electron chi connectivity index (χ3n) is 3.51.